The number of carbonyl (C=O) groups is 2. The molecular formula is C28H44N2O6. The molecule has 1 aromatic heterocycles. The van der Waals surface area contributed by atoms with Gasteiger partial charge in [-0.2, -0.15) is 0 Å². The van der Waals surface area contributed by atoms with Crippen LogP contribution < -0.4 is 5.32 Å². The number of rotatable bonds is 2. The van der Waals surface area contributed by atoms with E-state index in [4.69, 9.17) is 9.15 Å². The average molecular weight is 505 g/mol. The monoisotopic (exact) mass is 504 g/mol. The quantitative estimate of drug-likeness (QED) is 0.523. The van der Waals surface area contributed by atoms with Crippen LogP contribution in [0.4, 0.5) is 0 Å². The normalized spacial score (nSPS) is 38.8. The molecule has 2 fully saturated rings. The van der Waals surface area contributed by atoms with Gasteiger partial charge < -0.3 is 24.7 Å². The van der Waals surface area contributed by atoms with E-state index in [2.05, 4.69) is 24.1 Å². The first-order chi connectivity index (χ1) is 16.7. The van der Waals surface area contributed by atoms with E-state index in [0.29, 0.717) is 11.6 Å². The standard InChI is InChI=1S/C28H44N2O6/c1-15-10-9-11-28(8)26(36-28)17(3)23(16(2)12-20-14-35-19(5)29-20)30-22(32)13-21(31)27(6,7)25(34)18(4)24(15)33/h12,14-15,17-18,21,23-24,26,31,33H,9-11,13H2,1-8H3,(H,30,32)/b16-12+/t15-,17+,18+,21-,23+,24-,26-,28+/m0/s1. The number of epoxide rings is 1. The highest BCUT2D eigenvalue weighted by molar-refractivity contribution is 5.88. The van der Waals surface area contributed by atoms with Crippen molar-refractivity contribution in [1.82, 2.24) is 10.3 Å². The number of hydrogen-bond acceptors (Lipinski definition) is 7. The zero-order valence-corrected chi connectivity index (χ0v) is 23.0. The number of ketones is 1. The molecule has 1 aromatic rings. The fourth-order valence-corrected chi connectivity index (χ4v) is 5.73. The van der Waals surface area contributed by atoms with Gasteiger partial charge in [0, 0.05) is 18.8 Å². The summed E-state index contributed by atoms with van der Waals surface area (Å²) in [7, 11) is 0. The average Bonchev–Trinajstić information content (AvgIpc) is 3.31. The van der Waals surface area contributed by atoms with E-state index in [-0.39, 0.29) is 47.7 Å². The summed E-state index contributed by atoms with van der Waals surface area (Å²) in [5.74, 6) is -0.786. The fraction of sp³-hybridized carbons (Fsp3) is 0.750. The van der Waals surface area contributed by atoms with Crippen LogP contribution in [0.15, 0.2) is 16.3 Å². The summed E-state index contributed by atoms with van der Waals surface area (Å²) >= 11 is 0. The highest BCUT2D eigenvalue weighted by atomic mass is 16.6. The molecule has 3 heterocycles. The van der Waals surface area contributed by atoms with Crippen LogP contribution in [0.3, 0.4) is 0 Å². The van der Waals surface area contributed by atoms with Crippen LogP contribution in [-0.2, 0) is 14.3 Å². The molecular weight excluding hydrogens is 460 g/mol. The number of aromatic nitrogens is 1. The molecule has 8 nitrogen and oxygen atoms in total. The third-order valence-electron chi connectivity index (χ3n) is 8.45. The lowest BCUT2D eigenvalue weighted by Crippen LogP contribution is -2.48. The Kier molecular flexibility index (Phi) is 8.53. The van der Waals surface area contributed by atoms with Crippen LogP contribution >= 0.6 is 0 Å². The molecule has 0 radical (unpaired) electrons. The van der Waals surface area contributed by atoms with E-state index in [1.54, 1.807) is 34.0 Å². The second kappa shape index (κ2) is 10.8. The maximum atomic E-state index is 13.3. The van der Waals surface area contributed by atoms with Gasteiger partial charge in [-0.15, -0.1) is 0 Å². The molecule has 2 aliphatic heterocycles. The highest BCUT2D eigenvalue weighted by Crippen LogP contribution is 2.47. The molecule has 0 saturated carbocycles. The molecule has 0 aliphatic carbocycles. The second-order valence-corrected chi connectivity index (χ2v) is 11.9. The number of hydrogen-bond donors (Lipinski definition) is 3. The van der Waals surface area contributed by atoms with Gasteiger partial charge in [0.25, 0.3) is 0 Å². The van der Waals surface area contributed by atoms with E-state index in [9.17, 15) is 19.8 Å². The van der Waals surface area contributed by atoms with Gasteiger partial charge in [-0.1, -0.05) is 41.0 Å². The number of nitrogens with zero attached hydrogens (tertiary/aromatic N) is 1. The minimum absolute atomic E-state index is 0.0362. The Morgan fingerprint density at radius 3 is 2.47 bits per heavy atom. The van der Waals surface area contributed by atoms with Gasteiger partial charge in [0.05, 0.1) is 41.8 Å². The minimum atomic E-state index is -1.19. The van der Waals surface area contributed by atoms with E-state index < -0.39 is 23.5 Å². The number of carbonyl (C=O) groups excluding carboxylic acids is 2. The van der Waals surface area contributed by atoms with Crippen molar-refractivity contribution in [3.05, 3.63) is 23.4 Å². The molecule has 8 atom stereocenters. The highest BCUT2D eigenvalue weighted by Gasteiger charge is 2.56. The smallest absolute Gasteiger partial charge is 0.223 e. The number of aryl methyl sites for hydroxylation is 1. The predicted octanol–water partition coefficient (Wildman–Crippen LogP) is 3.83. The van der Waals surface area contributed by atoms with Gasteiger partial charge in [-0.3, -0.25) is 9.59 Å². The molecule has 0 spiro atoms. The van der Waals surface area contributed by atoms with Crippen molar-refractivity contribution in [2.75, 3.05) is 0 Å². The van der Waals surface area contributed by atoms with Crippen molar-refractivity contribution in [3.8, 4) is 0 Å². The summed E-state index contributed by atoms with van der Waals surface area (Å²) in [6, 6.07) is -0.347. The van der Waals surface area contributed by atoms with Crippen LogP contribution in [-0.4, -0.2) is 56.8 Å². The summed E-state index contributed by atoms with van der Waals surface area (Å²) in [4.78, 5) is 30.8. The SMILES string of the molecule is C/C(=C\c1coc(C)n1)[C@H]1NC(=O)C[C@H](O)C(C)(C)C(=O)[C@H](C)[C@@H](O)[C@@H](C)CCC[C@@]2(C)O[C@H]2[C@@H]1C. The number of aliphatic hydroxyl groups is 2. The van der Waals surface area contributed by atoms with Gasteiger partial charge in [-0.25, -0.2) is 4.98 Å². The Labute approximate surface area is 214 Å². The van der Waals surface area contributed by atoms with Gasteiger partial charge in [0.15, 0.2) is 5.89 Å². The largest absolute Gasteiger partial charge is 0.449 e. The lowest BCUT2D eigenvalue weighted by molar-refractivity contribution is -0.143. The van der Waals surface area contributed by atoms with Crippen molar-refractivity contribution in [3.63, 3.8) is 0 Å². The molecule has 2 aliphatic rings. The molecule has 0 unspecified atom stereocenters. The molecule has 0 aromatic carbocycles. The first kappa shape index (κ1) is 28.5. The molecule has 202 valence electrons. The predicted molar refractivity (Wildman–Crippen MR) is 137 cm³/mol. The number of Topliss-reactive ketones (excluding diaryl/α,β-unsaturated/α-hetero) is 1. The summed E-state index contributed by atoms with van der Waals surface area (Å²) in [5.41, 5.74) is 0.0825. The Bertz CT molecular complexity index is 984. The summed E-state index contributed by atoms with van der Waals surface area (Å²) in [6.07, 6.45) is 3.66. The fourth-order valence-electron chi connectivity index (χ4n) is 5.73. The minimum Gasteiger partial charge on any atom is -0.449 e. The maximum Gasteiger partial charge on any atom is 0.223 e. The van der Waals surface area contributed by atoms with Gasteiger partial charge in [0.1, 0.15) is 17.7 Å². The Hall–Kier alpha value is -2.03. The van der Waals surface area contributed by atoms with E-state index in [1.165, 1.54) is 0 Å². The number of amides is 1. The Balaban J connectivity index is 1.91. The number of ether oxygens (including phenoxy) is 1. The first-order valence-electron chi connectivity index (χ1n) is 13.1. The number of nitrogens with one attached hydrogen (secondary N) is 1. The van der Waals surface area contributed by atoms with Crippen molar-refractivity contribution < 1.29 is 29.0 Å². The van der Waals surface area contributed by atoms with Crippen molar-refractivity contribution in [1.29, 1.82) is 0 Å². The van der Waals surface area contributed by atoms with Crippen LogP contribution in [0.2, 0.25) is 0 Å². The first-order valence-corrected chi connectivity index (χ1v) is 13.1. The van der Waals surface area contributed by atoms with E-state index in [0.717, 1.165) is 24.8 Å². The maximum absolute atomic E-state index is 13.3. The number of aliphatic hydroxyl groups excluding tert-OH is 2. The molecule has 3 rings (SSSR count). The van der Waals surface area contributed by atoms with Crippen LogP contribution in [0, 0.1) is 30.1 Å². The van der Waals surface area contributed by atoms with Crippen LogP contribution in [0.1, 0.15) is 85.7 Å². The third-order valence-corrected chi connectivity index (χ3v) is 8.45. The molecule has 3 N–H and O–H groups in total. The van der Waals surface area contributed by atoms with Gasteiger partial charge in [0.2, 0.25) is 5.91 Å². The Morgan fingerprint density at radius 2 is 1.86 bits per heavy atom. The summed E-state index contributed by atoms with van der Waals surface area (Å²) in [6.45, 7) is 14.8. The molecule has 2 saturated heterocycles. The molecule has 1 amide bonds. The Morgan fingerprint density at radius 1 is 1.19 bits per heavy atom. The second-order valence-electron chi connectivity index (χ2n) is 11.9. The lowest BCUT2D eigenvalue weighted by atomic mass is 9.72. The van der Waals surface area contributed by atoms with E-state index in [1.807, 2.05) is 19.9 Å². The van der Waals surface area contributed by atoms with Gasteiger partial charge >= 0.3 is 0 Å². The molecule has 8 heteroatoms. The summed E-state index contributed by atoms with van der Waals surface area (Å²) in [5, 5.41) is 24.9. The van der Waals surface area contributed by atoms with Crippen molar-refractivity contribution in [2.24, 2.45) is 23.2 Å². The number of oxazole rings is 1. The topological polar surface area (TPSA) is 125 Å². The third kappa shape index (κ3) is 6.09. The molecule has 0 bridgehead atoms. The van der Waals surface area contributed by atoms with Crippen molar-refractivity contribution in [2.45, 2.75) is 111 Å². The number of fused-ring (bicyclic) bond motifs is 1. The van der Waals surface area contributed by atoms with Crippen LogP contribution in [0.25, 0.3) is 6.08 Å². The molecule has 36 heavy (non-hydrogen) atoms. The van der Waals surface area contributed by atoms with E-state index >= 15 is 0 Å². The van der Waals surface area contributed by atoms with Crippen LogP contribution in [0.5, 0.6) is 0 Å². The van der Waals surface area contributed by atoms with Gasteiger partial charge in [-0.05, 0) is 44.3 Å². The van der Waals surface area contributed by atoms with Crippen molar-refractivity contribution >= 4 is 17.8 Å². The lowest BCUT2D eigenvalue weighted by Gasteiger charge is -2.35. The summed E-state index contributed by atoms with van der Waals surface area (Å²) < 4.78 is 11.5. The zero-order valence-electron chi connectivity index (χ0n) is 23.0. The zero-order chi connectivity index (χ0) is 27.0.